The topological polar surface area (TPSA) is 39.1 Å². The van der Waals surface area contributed by atoms with Crippen molar-refractivity contribution in [1.82, 2.24) is 10.2 Å². The summed E-state index contributed by atoms with van der Waals surface area (Å²) < 4.78 is 0. The molecule has 0 radical (unpaired) electrons. The SMILES string of the molecule is CNC1(C#N)CCC(N2CCCC(C)(C)C2)C1. The fourth-order valence-corrected chi connectivity index (χ4v) is 3.50. The van der Waals surface area contributed by atoms with Crippen molar-refractivity contribution in [3.05, 3.63) is 0 Å². The molecule has 2 fully saturated rings. The second kappa shape index (κ2) is 4.59. The quantitative estimate of drug-likeness (QED) is 0.797. The first-order chi connectivity index (χ1) is 8.00. The van der Waals surface area contributed by atoms with Crippen molar-refractivity contribution in [2.75, 3.05) is 20.1 Å². The van der Waals surface area contributed by atoms with E-state index >= 15 is 0 Å². The summed E-state index contributed by atoms with van der Waals surface area (Å²) in [5.41, 5.74) is 0.196. The van der Waals surface area contributed by atoms with Crippen molar-refractivity contribution >= 4 is 0 Å². The lowest BCUT2D eigenvalue weighted by Gasteiger charge is -2.41. The van der Waals surface area contributed by atoms with Gasteiger partial charge in [-0.2, -0.15) is 5.26 Å². The van der Waals surface area contributed by atoms with Crippen LogP contribution < -0.4 is 5.32 Å². The Hall–Kier alpha value is -0.590. The van der Waals surface area contributed by atoms with Crippen LogP contribution >= 0.6 is 0 Å². The van der Waals surface area contributed by atoms with Crippen LogP contribution in [0.2, 0.25) is 0 Å². The van der Waals surface area contributed by atoms with E-state index in [2.05, 4.69) is 30.1 Å². The maximum atomic E-state index is 9.30. The summed E-state index contributed by atoms with van der Waals surface area (Å²) in [6.07, 6.45) is 5.82. The lowest BCUT2D eigenvalue weighted by Crippen LogP contribution is -2.47. The summed E-state index contributed by atoms with van der Waals surface area (Å²) in [4.78, 5) is 2.62. The zero-order valence-electron chi connectivity index (χ0n) is 11.4. The van der Waals surface area contributed by atoms with E-state index in [0.717, 1.165) is 12.8 Å². The van der Waals surface area contributed by atoms with Gasteiger partial charge in [0, 0.05) is 12.6 Å². The average Bonchev–Trinajstić information content (AvgIpc) is 2.73. The minimum atomic E-state index is -0.258. The highest BCUT2D eigenvalue weighted by molar-refractivity contribution is 5.13. The molecule has 96 valence electrons. The monoisotopic (exact) mass is 235 g/mol. The van der Waals surface area contributed by atoms with E-state index < -0.39 is 0 Å². The third-order valence-electron chi connectivity index (χ3n) is 4.63. The summed E-state index contributed by atoms with van der Waals surface area (Å²) in [6.45, 7) is 7.15. The number of hydrogen-bond acceptors (Lipinski definition) is 3. The highest BCUT2D eigenvalue weighted by Crippen LogP contribution is 2.37. The molecule has 2 rings (SSSR count). The number of nitriles is 1. The lowest BCUT2D eigenvalue weighted by molar-refractivity contribution is 0.0782. The van der Waals surface area contributed by atoms with Gasteiger partial charge in [0.2, 0.25) is 0 Å². The molecule has 1 aliphatic heterocycles. The minimum Gasteiger partial charge on any atom is -0.302 e. The molecule has 2 aliphatic rings. The number of piperidine rings is 1. The summed E-state index contributed by atoms with van der Waals surface area (Å²) in [5, 5.41) is 12.5. The van der Waals surface area contributed by atoms with Crippen LogP contribution in [0, 0.1) is 16.7 Å². The summed E-state index contributed by atoms with van der Waals surface area (Å²) in [7, 11) is 1.92. The molecule has 3 nitrogen and oxygen atoms in total. The van der Waals surface area contributed by atoms with Gasteiger partial charge in [-0.1, -0.05) is 13.8 Å². The Morgan fingerprint density at radius 3 is 2.65 bits per heavy atom. The van der Waals surface area contributed by atoms with Crippen molar-refractivity contribution in [3.63, 3.8) is 0 Å². The first-order valence-corrected chi connectivity index (χ1v) is 6.84. The molecular formula is C14H25N3. The maximum absolute atomic E-state index is 9.30. The molecule has 0 bridgehead atoms. The van der Waals surface area contributed by atoms with Gasteiger partial charge in [0.1, 0.15) is 5.54 Å². The van der Waals surface area contributed by atoms with E-state index in [1.54, 1.807) is 0 Å². The number of nitrogens with one attached hydrogen (secondary N) is 1. The minimum absolute atomic E-state index is 0.258. The average molecular weight is 235 g/mol. The van der Waals surface area contributed by atoms with Gasteiger partial charge in [-0.15, -0.1) is 0 Å². The Labute approximate surface area is 105 Å². The summed E-state index contributed by atoms with van der Waals surface area (Å²) in [6, 6.07) is 3.09. The number of hydrogen-bond donors (Lipinski definition) is 1. The van der Waals surface area contributed by atoms with E-state index in [0.29, 0.717) is 11.5 Å². The van der Waals surface area contributed by atoms with Crippen LogP contribution in [-0.2, 0) is 0 Å². The Morgan fingerprint density at radius 2 is 2.12 bits per heavy atom. The van der Waals surface area contributed by atoms with Crippen LogP contribution in [-0.4, -0.2) is 36.6 Å². The Morgan fingerprint density at radius 1 is 1.35 bits per heavy atom. The van der Waals surface area contributed by atoms with Gasteiger partial charge in [-0.3, -0.25) is 4.90 Å². The van der Waals surface area contributed by atoms with E-state index in [1.807, 2.05) is 7.05 Å². The lowest BCUT2D eigenvalue weighted by atomic mass is 9.83. The van der Waals surface area contributed by atoms with Crippen molar-refractivity contribution < 1.29 is 0 Å². The second-order valence-corrected chi connectivity index (χ2v) is 6.58. The fraction of sp³-hybridized carbons (Fsp3) is 0.929. The summed E-state index contributed by atoms with van der Waals surface area (Å²) in [5.74, 6) is 0. The molecule has 0 aromatic rings. The standard InChI is InChI=1S/C14H25N3/c1-13(2)6-4-8-17(11-13)12-5-7-14(9-12,10-15)16-3/h12,16H,4-9,11H2,1-3H3. The first-order valence-electron chi connectivity index (χ1n) is 6.84. The highest BCUT2D eigenvalue weighted by atomic mass is 15.2. The molecule has 1 N–H and O–H groups in total. The van der Waals surface area contributed by atoms with Crippen LogP contribution in [0.25, 0.3) is 0 Å². The third kappa shape index (κ3) is 2.64. The molecule has 0 aromatic carbocycles. The second-order valence-electron chi connectivity index (χ2n) is 6.58. The molecular weight excluding hydrogens is 210 g/mol. The molecule has 2 unspecified atom stereocenters. The molecule has 0 amide bonds. The first kappa shape index (κ1) is 12.9. The maximum Gasteiger partial charge on any atom is 0.108 e. The molecule has 1 aliphatic carbocycles. The third-order valence-corrected chi connectivity index (χ3v) is 4.63. The van der Waals surface area contributed by atoms with Crippen molar-refractivity contribution in [1.29, 1.82) is 5.26 Å². The van der Waals surface area contributed by atoms with Crippen molar-refractivity contribution in [2.24, 2.45) is 5.41 Å². The van der Waals surface area contributed by atoms with Crippen LogP contribution in [0.1, 0.15) is 46.0 Å². The van der Waals surface area contributed by atoms with Crippen molar-refractivity contribution in [2.45, 2.75) is 57.5 Å². The number of nitrogens with zero attached hydrogens (tertiary/aromatic N) is 2. The van der Waals surface area contributed by atoms with Gasteiger partial charge >= 0.3 is 0 Å². The molecule has 1 saturated carbocycles. The molecule has 0 aromatic heterocycles. The Kier molecular flexibility index (Phi) is 3.47. The van der Waals surface area contributed by atoms with E-state index in [1.165, 1.54) is 32.4 Å². The van der Waals surface area contributed by atoms with E-state index in [4.69, 9.17) is 0 Å². The van der Waals surface area contributed by atoms with E-state index in [-0.39, 0.29) is 5.54 Å². The van der Waals surface area contributed by atoms with Crippen LogP contribution in [0.15, 0.2) is 0 Å². The van der Waals surface area contributed by atoms with Crippen LogP contribution in [0.3, 0.4) is 0 Å². The molecule has 3 heteroatoms. The number of likely N-dealkylation sites (tertiary alicyclic amines) is 1. The molecule has 17 heavy (non-hydrogen) atoms. The fourth-order valence-electron chi connectivity index (χ4n) is 3.50. The molecule has 1 heterocycles. The van der Waals surface area contributed by atoms with Gasteiger partial charge in [0.15, 0.2) is 0 Å². The normalized spacial score (nSPS) is 37.9. The Bertz CT molecular complexity index is 318. The smallest absolute Gasteiger partial charge is 0.108 e. The van der Waals surface area contributed by atoms with Gasteiger partial charge in [0.05, 0.1) is 6.07 Å². The zero-order chi connectivity index (χ0) is 12.5. The molecule has 0 spiro atoms. The predicted molar refractivity (Wildman–Crippen MR) is 69.6 cm³/mol. The van der Waals surface area contributed by atoms with Gasteiger partial charge in [-0.25, -0.2) is 0 Å². The largest absolute Gasteiger partial charge is 0.302 e. The van der Waals surface area contributed by atoms with Gasteiger partial charge in [0.25, 0.3) is 0 Å². The van der Waals surface area contributed by atoms with E-state index in [9.17, 15) is 5.26 Å². The van der Waals surface area contributed by atoms with Crippen LogP contribution in [0.4, 0.5) is 0 Å². The molecule has 1 saturated heterocycles. The highest BCUT2D eigenvalue weighted by Gasteiger charge is 2.42. The van der Waals surface area contributed by atoms with Gasteiger partial charge < -0.3 is 5.32 Å². The summed E-state index contributed by atoms with van der Waals surface area (Å²) >= 11 is 0. The van der Waals surface area contributed by atoms with Gasteiger partial charge in [-0.05, 0) is 51.1 Å². The van der Waals surface area contributed by atoms with Crippen LogP contribution in [0.5, 0.6) is 0 Å². The number of rotatable bonds is 2. The Balaban J connectivity index is 1.99. The van der Waals surface area contributed by atoms with Crippen molar-refractivity contribution in [3.8, 4) is 6.07 Å². The molecule has 2 atom stereocenters. The zero-order valence-corrected chi connectivity index (χ0v) is 11.4. The predicted octanol–water partition coefficient (Wildman–Crippen LogP) is 2.14.